The fraction of sp³-hybridized carbons (Fsp3) is 1.00. The Morgan fingerprint density at radius 1 is 1.16 bits per heavy atom. The molecule has 8 nitrogen and oxygen atoms in total. The second kappa shape index (κ2) is 11.6. The van der Waals surface area contributed by atoms with Crippen molar-refractivity contribution in [2.75, 3.05) is 41.3 Å². The minimum absolute atomic E-state index is 0.0143. The normalized spacial score (nSPS) is 25.4. The Morgan fingerprint density at radius 3 is 2.32 bits per heavy atom. The number of hydrogen-bond acceptors (Lipinski definition) is 8. The summed E-state index contributed by atoms with van der Waals surface area (Å²) in [7, 11) is 2.27. The van der Waals surface area contributed by atoms with E-state index in [1.165, 1.54) is 0 Å². The molecule has 0 aromatic heterocycles. The molecule has 1 saturated heterocycles. The first-order chi connectivity index (χ1) is 12.0. The molecule has 0 aromatic carbocycles. The third kappa shape index (κ3) is 7.20. The lowest BCUT2D eigenvalue weighted by molar-refractivity contribution is -0.391. The van der Waals surface area contributed by atoms with Gasteiger partial charge in [0.1, 0.15) is 6.79 Å². The summed E-state index contributed by atoms with van der Waals surface area (Å²) in [5, 5.41) is 0. The molecule has 0 spiro atoms. The highest BCUT2D eigenvalue weighted by atomic mass is 28.4. The third-order valence-electron chi connectivity index (χ3n) is 4.04. The average molecular weight is 383 g/mol. The lowest BCUT2D eigenvalue weighted by Gasteiger charge is -2.30. The quantitative estimate of drug-likeness (QED) is 0.258. The fourth-order valence-electron chi connectivity index (χ4n) is 2.51. The second-order valence-electron chi connectivity index (χ2n) is 5.82. The summed E-state index contributed by atoms with van der Waals surface area (Å²) >= 11 is 0. The molecule has 1 heterocycles. The van der Waals surface area contributed by atoms with Crippen LogP contribution in [-0.2, 0) is 37.0 Å². The van der Waals surface area contributed by atoms with E-state index in [2.05, 4.69) is 0 Å². The summed E-state index contributed by atoms with van der Waals surface area (Å²) in [6.07, 6.45) is 1.58. The molecule has 9 heteroatoms. The van der Waals surface area contributed by atoms with Crippen LogP contribution in [0.5, 0.6) is 0 Å². The van der Waals surface area contributed by atoms with Crippen molar-refractivity contribution in [1.82, 2.24) is 0 Å². The summed E-state index contributed by atoms with van der Waals surface area (Å²) < 4.78 is 44.5. The molecule has 0 amide bonds. The van der Waals surface area contributed by atoms with Crippen LogP contribution in [0, 0.1) is 0 Å². The van der Waals surface area contributed by atoms with E-state index in [1.54, 1.807) is 21.3 Å². The molecule has 0 aromatic rings. The van der Waals surface area contributed by atoms with Crippen LogP contribution < -0.4 is 0 Å². The SMILES string of the molecule is CCC(OCOCCC[Si](OC)(OC)OC)OC1(CC)OCC(C)O1. The van der Waals surface area contributed by atoms with Crippen molar-refractivity contribution in [2.24, 2.45) is 0 Å². The van der Waals surface area contributed by atoms with Gasteiger partial charge in [-0.1, -0.05) is 13.8 Å². The molecular weight excluding hydrogens is 348 g/mol. The molecule has 0 radical (unpaired) electrons. The summed E-state index contributed by atoms with van der Waals surface area (Å²) in [5.74, 6) is -1.01. The minimum atomic E-state index is -2.53. The van der Waals surface area contributed by atoms with Crippen molar-refractivity contribution in [2.45, 2.75) is 64.4 Å². The van der Waals surface area contributed by atoms with E-state index in [4.69, 9.17) is 37.0 Å². The number of hydrogen-bond donors (Lipinski definition) is 0. The van der Waals surface area contributed by atoms with Crippen LogP contribution in [0.3, 0.4) is 0 Å². The van der Waals surface area contributed by atoms with Gasteiger partial charge in [0.05, 0.1) is 12.7 Å². The van der Waals surface area contributed by atoms with Gasteiger partial charge < -0.3 is 32.2 Å². The van der Waals surface area contributed by atoms with Crippen LogP contribution >= 0.6 is 0 Å². The van der Waals surface area contributed by atoms with E-state index in [1.807, 2.05) is 20.8 Å². The maximum atomic E-state index is 5.88. The Kier molecular flexibility index (Phi) is 10.6. The van der Waals surface area contributed by atoms with Crippen molar-refractivity contribution >= 4 is 8.80 Å². The molecule has 1 fully saturated rings. The van der Waals surface area contributed by atoms with Crippen molar-refractivity contribution in [3.63, 3.8) is 0 Å². The molecule has 0 saturated carbocycles. The highest BCUT2D eigenvalue weighted by molar-refractivity contribution is 6.60. The summed E-state index contributed by atoms with van der Waals surface area (Å²) in [6, 6.07) is 0.683. The van der Waals surface area contributed by atoms with Gasteiger partial charge in [0.25, 0.3) is 5.97 Å². The monoisotopic (exact) mass is 382 g/mol. The van der Waals surface area contributed by atoms with Gasteiger partial charge in [0, 0.05) is 40.4 Å². The Morgan fingerprint density at radius 2 is 1.84 bits per heavy atom. The predicted octanol–water partition coefficient (Wildman–Crippen LogP) is 2.50. The first kappa shape index (κ1) is 22.9. The smallest absolute Gasteiger partial charge is 0.377 e. The molecule has 150 valence electrons. The highest BCUT2D eigenvalue weighted by Crippen LogP contribution is 2.30. The zero-order chi connectivity index (χ0) is 18.8. The molecule has 1 aliphatic heterocycles. The van der Waals surface area contributed by atoms with Gasteiger partial charge in [-0.2, -0.15) is 0 Å². The van der Waals surface area contributed by atoms with Gasteiger partial charge in [-0.25, -0.2) is 0 Å². The van der Waals surface area contributed by atoms with Crippen molar-refractivity contribution in [3.8, 4) is 0 Å². The average Bonchev–Trinajstić information content (AvgIpc) is 3.02. The molecule has 3 atom stereocenters. The Bertz CT molecular complexity index is 347. The number of ether oxygens (including phenoxy) is 5. The Hall–Kier alpha value is -0.103. The third-order valence-corrected chi connectivity index (χ3v) is 6.87. The first-order valence-corrected chi connectivity index (χ1v) is 10.8. The van der Waals surface area contributed by atoms with E-state index in [0.29, 0.717) is 32.1 Å². The molecule has 0 bridgehead atoms. The minimum Gasteiger partial charge on any atom is -0.377 e. The zero-order valence-electron chi connectivity index (χ0n) is 16.4. The lowest BCUT2D eigenvalue weighted by atomic mass is 10.4. The van der Waals surface area contributed by atoms with E-state index in [9.17, 15) is 0 Å². The van der Waals surface area contributed by atoms with E-state index >= 15 is 0 Å². The Labute approximate surface area is 152 Å². The molecule has 0 N–H and O–H groups in total. The lowest BCUT2D eigenvalue weighted by Crippen LogP contribution is -2.42. The molecule has 25 heavy (non-hydrogen) atoms. The zero-order valence-corrected chi connectivity index (χ0v) is 17.4. The Balaban J connectivity index is 2.25. The number of rotatable bonds is 14. The molecule has 0 aliphatic carbocycles. The molecule has 3 unspecified atom stereocenters. The van der Waals surface area contributed by atoms with Crippen LogP contribution in [0.15, 0.2) is 0 Å². The molecule has 1 aliphatic rings. The first-order valence-electron chi connectivity index (χ1n) is 8.83. The summed E-state index contributed by atoms with van der Waals surface area (Å²) in [4.78, 5) is 0. The second-order valence-corrected chi connectivity index (χ2v) is 8.91. The van der Waals surface area contributed by atoms with Crippen molar-refractivity contribution in [1.29, 1.82) is 0 Å². The van der Waals surface area contributed by atoms with E-state index < -0.39 is 21.1 Å². The van der Waals surface area contributed by atoms with Gasteiger partial charge in [-0.05, 0) is 19.8 Å². The van der Waals surface area contributed by atoms with Gasteiger partial charge >= 0.3 is 8.80 Å². The molecular formula is C16H34O8Si. The predicted molar refractivity (Wildman–Crippen MR) is 92.8 cm³/mol. The summed E-state index contributed by atoms with van der Waals surface area (Å²) in [6.45, 7) is 7.06. The summed E-state index contributed by atoms with van der Waals surface area (Å²) in [5.41, 5.74) is 0. The van der Waals surface area contributed by atoms with Gasteiger partial charge in [0.15, 0.2) is 6.29 Å². The van der Waals surface area contributed by atoms with Crippen LogP contribution in [-0.4, -0.2) is 68.5 Å². The molecule has 1 rings (SSSR count). The van der Waals surface area contributed by atoms with Gasteiger partial charge in [-0.15, -0.1) is 0 Å². The highest BCUT2D eigenvalue weighted by Gasteiger charge is 2.42. The van der Waals surface area contributed by atoms with Crippen LogP contribution in [0.25, 0.3) is 0 Å². The van der Waals surface area contributed by atoms with Crippen molar-refractivity contribution < 1.29 is 37.0 Å². The van der Waals surface area contributed by atoms with Gasteiger partial charge in [-0.3, -0.25) is 4.74 Å². The standard InChI is InChI=1S/C16H34O8Si/c1-7-15(24-16(8-2)22-12-14(3)23-16)21-13-20-10-9-11-25(17-4,18-5)19-6/h14-15H,7-13H2,1-6H3. The maximum absolute atomic E-state index is 5.88. The largest absolute Gasteiger partial charge is 0.500 e. The van der Waals surface area contributed by atoms with Crippen molar-refractivity contribution in [3.05, 3.63) is 0 Å². The van der Waals surface area contributed by atoms with Crippen LogP contribution in [0.4, 0.5) is 0 Å². The van der Waals surface area contributed by atoms with Crippen LogP contribution in [0.1, 0.15) is 40.0 Å². The van der Waals surface area contributed by atoms with E-state index in [-0.39, 0.29) is 12.9 Å². The van der Waals surface area contributed by atoms with Crippen LogP contribution in [0.2, 0.25) is 6.04 Å². The van der Waals surface area contributed by atoms with Gasteiger partial charge in [0.2, 0.25) is 0 Å². The van der Waals surface area contributed by atoms with E-state index in [0.717, 1.165) is 6.42 Å². The maximum Gasteiger partial charge on any atom is 0.500 e. The fourth-order valence-corrected chi connectivity index (χ4v) is 4.20. The topological polar surface area (TPSA) is 73.8 Å².